The Bertz CT molecular complexity index is 268. The second-order valence-corrected chi connectivity index (χ2v) is 5.45. The van der Waals surface area contributed by atoms with Crippen molar-refractivity contribution in [1.29, 1.82) is 0 Å². The number of allylic oxidation sites excluding steroid dienone is 1. The molecule has 4 heteroatoms. The SMILES string of the molecule is CCCCCCCCCC/C=C/S(=O)(=O)O. The van der Waals surface area contributed by atoms with Gasteiger partial charge in [-0.05, 0) is 12.8 Å². The number of hydrogen-bond acceptors (Lipinski definition) is 2. The lowest BCUT2D eigenvalue weighted by Crippen LogP contribution is -1.89. The van der Waals surface area contributed by atoms with Gasteiger partial charge in [0.15, 0.2) is 0 Å². The topological polar surface area (TPSA) is 54.4 Å². The third kappa shape index (κ3) is 13.7. The number of hydrogen-bond donors (Lipinski definition) is 1. The fourth-order valence-electron chi connectivity index (χ4n) is 1.59. The highest BCUT2D eigenvalue weighted by Gasteiger charge is 1.94. The van der Waals surface area contributed by atoms with Gasteiger partial charge in [-0.15, -0.1) is 0 Å². The highest BCUT2D eigenvalue weighted by molar-refractivity contribution is 7.88. The second-order valence-electron chi connectivity index (χ2n) is 4.15. The minimum absolute atomic E-state index is 0.731. The van der Waals surface area contributed by atoms with Gasteiger partial charge >= 0.3 is 0 Å². The van der Waals surface area contributed by atoms with Crippen LogP contribution in [0.3, 0.4) is 0 Å². The molecule has 0 fully saturated rings. The largest absolute Gasteiger partial charge is 0.287 e. The van der Waals surface area contributed by atoms with Crippen LogP contribution in [-0.4, -0.2) is 13.0 Å². The first-order valence-corrected chi connectivity index (χ1v) is 7.70. The van der Waals surface area contributed by atoms with E-state index in [1.165, 1.54) is 44.6 Å². The normalized spacial score (nSPS) is 12.4. The Morgan fingerprint density at radius 2 is 1.44 bits per heavy atom. The lowest BCUT2D eigenvalue weighted by molar-refractivity contribution is 0.494. The molecule has 0 aliphatic heterocycles. The average molecular weight is 248 g/mol. The van der Waals surface area contributed by atoms with Crippen molar-refractivity contribution in [1.82, 2.24) is 0 Å². The van der Waals surface area contributed by atoms with Gasteiger partial charge in [-0.1, -0.05) is 57.9 Å². The molecule has 0 aromatic rings. The standard InChI is InChI=1S/C12H24O3S/c1-2-3-4-5-6-7-8-9-10-11-12-16(13,14)15/h11-12H,2-10H2,1H3,(H,13,14,15)/b12-11+. The van der Waals surface area contributed by atoms with Gasteiger partial charge in [-0.25, -0.2) is 0 Å². The first-order valence-electron chi connectivity index (χ1n) is 6.20. The van der Waals surface area contributed by atoms with Crippen LogP contribution in [0.4, 0.5) is 0 Å². The number of rotatable bonds is 10. The molecule has 0 aromatic carbocycles. The minimum Gasteiger partial charge on any atom is -0.282 e. The zero-order chi connectivity index (χ0) is 12.3. The Morgan fingerprint density at radius 1 is 0.938 bits per heavy atom. The zero-order valence-corrected chi connectivity index (χ0v) is 11.0. The molecule has 0 heterocycles. The molecular weight excluding hydrogens is 224 g/mol. The van der Waals surface area contributed by atoms with Crippen molar-refractivity contribution >= 4 is 10.1 Å². The summed E-state index contributed by atoms with van der Waals surface area (Å²) >= 11 is 0. The van der Waals surface area contributed by atoms with E-state index in [0.717, 1.165) is 24.7 Å². The van der Waals surface area contributed by atoms with Crippen molar-refractivity contribution in [3.05, 3.63) is 11.5 Å². The fraction of sp³-hybridized carbons (Fsp3) is 0.833. The summed E-state index contributed by atoms with van der Waals surface area (Å²) < 4.78 is 29.1. The van der Waals surface area contributed by atoms with E-state index in [-0.39, 0.29) is 0 Å². The molecule has 3 nitrogen and oxygen atoms in total. The van der Waals surface area contributed by atoms with Crippen molar-refractivity contribution in [3.8, 4) is 0 Å². The average Bonchev–Trinajstić information content (AvgIpc) is 2.19. The first-order chi connectivity index (χ1) is 7.56. The quantitative estimate of drug-likeness (QED) is 0.471. The van der Waals surface area contributed by atoms with Crippen LogP contribution in [0, 0.1) is 0 Å². The summed E-state index contributed by atoms with van der Waals surface area (Å²) in [6.07, 6.45) is 12.2. The summed E-state index contributed by atoms with van der Waals surface area (Å²) in [5.41, 5.74) is 0. The summed E-state index contributed by atoms with van der Waals surface area (Å²) in [4.78, 5) is 0. The maximum Gasteiger partial charge on any atom is 0.287 e. The van der Waals surface area contributed by atoms with Crippen LogP contribution in [0.2, 0.25) is 0 Å². The van der Waals surface area contributed by atoms with Crippen LogP contribution in [0.15, 0.2) is 11.5 Å². The van der Waals surface area contributed by atoms with Crippen LogP contribution in [0.25, 0.3) is 0 Å². The molecule has 16 heavy (non-hydrogen) atoms. The highest BCUT2D eigenvalue weighted by Crippen LogP contribution is 2.09. The Hall–Kier alpha value is -0.350. The van der Waals surface area contributed by atoms with Crippen LogP contribution >= 0.6 is 0 Å². The smallest absolute Gasteiger partial charge is 0.282 e. The number of unbranched alkanes of at least 4 members (excludes halogenated alkanes) is 8. The summed E-state index contributed by atoms with van der Waals surface area (Å²) in [5.74, 6) is 0. The van der Waals surface area contributed by atoms with Crippen LogP contribution in [-0.2, 0) is 10.1 Å². The monoisotopic (exact) mass is 248 g/mol. The molecule has 0 amide bonds. The zero-order valence-electron chi connectivity index (χ0n) is 10.2. The van der Waals surface area contributed by atoms with Crippen LogP contribution in [0.1, 0.15) is 64.7 Å². The first kappa shape index (κ1) is 15.7. The summed E-state index contributed by atoms with van der Waals surface area (Å²) in [6.45, 7) is 2.21. The van der Waals surface area contributed by atoms with E-state index in [4.69, 9.17) is 4.55 Å². The van der Waals surface area contributed by atoms with E-state index >= 15 is 0 Å². The van der Waals surface area contributed by atoms with Crippen molar-refractivity contribution in [2.45, 2.75) is 64.7 Å². The maximum absolute atomic E-state index is 10.3. The van der Waals surface area contributed by atoms with Gasteiger partial charge in [-0.3, -0.25) is 4.55 Å². The highest BCUT2D eigenvalue weighted by atomic mass is 32.2. The van der Waals surface area contributed by atoms with Gasteiger partial charge in [0.2, 0.25) is 0 Å². The third-order valence-electron chi connectivity index (χ3n) is 2.49. The molecule has 0 bridgehead atoms. The van der Waals surface area contributed by atoms with E-state index in [1.807, 2.05) is 0 Å². The van der Waals surface area contributed by atoms with Gasteiger partial charge in [0.05, 0.1) is 5.41 Å². The van der Waals surface area contributed by atoms with Crippen molar-refractivity contribution in [2.24, 2.45) is 0 Å². The second kappa shape index (κ2) is 9.85. The van der Waals surface area contributed by atoms with Crippen LogP contribution < -0.4 is 0 Å². The predicted molar refractivity (Wildman–Crippen MR) is 67.9 cm³/mol. The lowest BCUT2D eigenvalue weighted by Gasteiger charge is -1.99. The van der Waals surface area contributed by atoms with E-state index in [0.29, 0.717) is 0 Å². The van der Waals surface area contributed by atoms with E-state index < -0.39 is 10.1 Å². The molecule has 96 valence electrons. The molecule has 0 radical (unpaired) electrons. The van der Waals surface area contributed by atoms with Crippen molar-refractivity contribution in [2.75, 3.05) is 0 Å². The van der Waals surface area contributed by atoms with Gasteiger partial charge < -0.3 is 0 Å². The van der Waals surface area contributed by atoms with Crippen molar-refractivity contribution < 1.29 is 13.0 Å². The summed E-state index contributed by atoms with van der Waals surface area (Å²) in [5, 5.41) is 0.869. The Balaban J connectivity index is 3.19. The van der Waals surface area contributed by atoms with E-state index in [2.05, 4.69) is 6.92 Å². The molecule has 1 N–H and O–H groups in total. The minimum atomic E-state index is -3.91. The summed E-state index contributed by atoms with van der Waals surface area (Å²) in [7, 11) is -3.91. The summed E-state index contributed by atoms with van der Waals surface area (Å²) in [6, 6.07) is 0. The molecule has 0 unspecified atom stereocenters. The molecule has 0 aliphatic rings. The Labute approximate surface area is 99.7 Å². The van der Waals surface area contributed by atoms with Crippen molar-refractivity contribution in [3.63, 3.8) is 0 Å². The molecule has 0 saturated carbocycles. The maximum atomic E-state index is 10.3. The Morgan fingerprint density at radius 3 is 1.94 bits per heavy atom. The van der Waals surface area contributed by atoms with E-state index in [1.54, 1.807) is 0 Å². The molecule has 0 aromatic heterocycles. The van der Waals surface area contributed by atoms with Gasteiger partial charge in [-0.2, -0.15) is 8.42 Å². The van der Waals surface area contributed by atoms with Gasteiger partial charge in [0.1, 0.15) is 0 Å². The molecule has 0 spiro atoms. The van der Waals surface area contributed by atoms with E-state index in [9.17, 15) is 8.42 Å². The molecule has 0 atom stereocenters. The molecule has 0 rings (SSSR count). The Kier molecular flexibility index (Phi) is 9.63. The van der Waals surface area contributed by atoms with Gasteiger partial charge in [0.25, 0.3) is 10.1 Å². The van der Waals surface area contributed by atoms with Crippen LogP contribution in [0.5, 0.6) is 0 Å². The molecule has 0 aliphatic carbocycles. The fourth-order valence-corrected chi connectivity index (χ4v) is 1.96. The predicted octanol–water partition coefficient (Wildman–Crippen LogP) is 3.92. The van der Waals surface area contributed by atoms with Gasteiger partial charge in [0, 0.05) is 0 Å². The lowest BCUT2D eigenvalue weighted by atomic mass is 10.1. The molecule has 0 saturated heterocycles. The third-order valence-corrected chi connectivity index (χ3v) is 3.03. The molecular formula is C12H24O3S.